The van der Waals surface area contributed by atoms with Crippen molar-refractivity contribution in [1.82, 2.24) is 0 Å². The molecule has 2 aromatic rings. The number of allylic oxidation sites excluding steroid dienone is 4. The largest absolute Gasteiger partial charge is 0.366 e. The second-order valence-corrected chi connectivity index (χ2v) is 8.12. The van der Waals surface area contributed by atoms with E-state index in [2.05, 4.69) is 98.9 Å². The lowest BCUT2D eigenvalue weighted by Gasteiger charge is -2.54. The van der Waals surface area contributed by atoms with Crippen LogP contribution in [0.4, 0.5) is 0 Å². The Morgan fingerprint density at radius 2 is 1.37 bits per heavy atom. The van der Waals surface area contributed by atoms with E-state index >= 15 is 0 Å². The highest BCUT2D eigenvalue weighted by Gasteiger charge is 2.59. The average molecular weight is 348 g/mol. The van der Waals surface area contributed by atoms with Gasteiger partial charge in [0, 0.05) is 17.3 Å². The summed E-state index contributed by atoms with van der Waals surface area (Å²) < 4.78 is 6.59. The zero-order chi connectivity index (χ0) is 18.0. The molecule has 1 aliphatic heterocycles. The number of hydrogen-bond acceptors (Lipinski definition) is 1. The molecular weight excluding hydrogens is 327 g/mol. The zero-order valence-electron chi connectivity index (χ0n) is 15.4. The summed E-state index contributed by atoms with van der Waals surface area (Å²) in [5, 5.41) is 0. The van der Waals surface area contributed by atoms with Crippen molar-refractivity contribution in [3.8, 4) is 11.1 Å². The van der Waals surface area contributed by atoms with Gasteiger partial charge in [-0.15, -0.1) is 0 Å². The molecule has 1 saturated heterocycles. The highest BCUT2D eigenvalue weighted by Crippen LogP contribution is 2.62. The normalized spacial score (nSPS) is 31.0. The van der Waals surface area contributed by atoms with Gasteiger partial charge in [0.25, 0.3) is 0 Å². The molecule has 2 aromatic carbocycles. The molecule has 0 aromatic heterocycles. The average Bonchev–Trinajstić information content (AvgIpc) is 3.01. The van der Waals surface area contributed by atoms with Gasteiger partial charge >= 0.3 is 0 Å². The van der Waals surface area contributed by atoms with E-state index < -0.39 is 0 Å². The molecule has 6 rings (SSSR count). The molecule has 0 radical (unpaired) electrons. The summed E-state index contributed by atoms with van der Waals surface area (Å²) in [5.74, 6) is 0.591. The van der Waals surface area contributed by atoms with Gasteiger partial charge in [0.15, 0.2) is 0 Å². The van der Waals surface area contributed by atoms with Gasteiger partial charge < -0.3 is 4.74 Å². The Balaban J connectivity index is 1.72. The lowest BCUT2D eigenvalue weighted by molar-refractivity contribution is -0.0809. The highest BCUT2D eigenvalue weighted by molar-refractivity contribution is 6.23. The molecule has 0 bridgehead atoms. The Labute approximate surface area is 161 Å². The predicted molar refractivity (Wildman–Crippen MR) is 112 cm³/mol. The minimum Gasteiger partial charge on any atom is -0.366 e. The van der Waals surface area contributed by atoms with Gasteiger partial charge in [-0.1, -0.05) is 96.5 Å². The maximum Gasteiger partial charge on any atom is 0.138 e. The fraction of sp³-hybridized carbons (Fsp3) is 0.200. The minimum atomic E-state index is -0.0892. The first-order chi connectivity index (χ1) is 13.3. The van der Waals surface area contributed by atoms with E-state index in [4.69, 9.17) is 4.74 Å². The van der Waals surface area contributed by atoms with Crippen LogP contribution in [-0.4, -0.2) is 20.1 Å². The molecule has 3 aliphatic carbocycles. The molecule has 4 aliphatic rings. The third-order valence-electron chi connectivity index (χ3n) is 6.83. The van der Waals surface area contributed by atoms with Crippen LogP contribution >= 0.6 is 0 Å². The topological polar surface area (TPSA) is 9.23 Å². The second-order valence-electron chi connectivity index (χ2n) is 8.12. The number of fused-ring (bicyclic) bond motifs is 9. The summed E-state index contributed by atoms with van der Waals surface area (Å²) in [7, 11) is 2.20. The fourth-order valence-corrected chi connectivity index (χ4v) is 5.87. The number of hydrogen-bond donors (Lipinski definition) is 0. The van der Waals surface area contributed by atoms with Crippen LogP contribution in [0, 0.1) is 11.8 Å². The maximum absolute atomic E-state index is 6.59. The van der Waals surface area contributed by atoms with E-state index in [1.165, 1.54) is 27.7 Å². The Morgan fingerprint density at radius 1 is 0.741 bits per heavy atom. The lowest BCUT2D eigenvalue weighted by Crippen LogP contribution is -2.56. The van der Waals surface area contributed by atoms with Crippen molar-refractivity contribution in [2.45, 2.75) is 17.6 Å². The lowest BCUT2D eigenvalue weighted by atomic mass is 9.54. The van der Waals surface area contributed by atoms with Crippen LogP contribution in [0.25, 0.3) is 11.1 Å². The van der Waals surface area contributed by atoms with Gasteiger partial charge in [-0.05, 0) is 22.3 Å². The van der Waals surface area contributed by atoms with Gasteiger partial charge in [0.05, 0.1) is 12.2 Å². The molecule has 1 heterocycles. The van der Waals surface area contributed by atoms with E-state index in [-0.39, 0.29) is 17.6 Å². The van der Waals surface area contributed by atoms with Crippen LogP contribution in [0.15, 0.2) is 96.5 Å². The summed E-state index contributed by atoms with van der Waals surface area (Å²) in [6.07, 6.45) is 16.1. The number of ether oxygens (including phenoxy) is 1. The van der Waals surface area contributed by atoms with Crippen LogP contribution in [-0.2, 0) is 10.2 Å². The molecule has 27 heavy (non-hydrogen) atoms. The first-order valence-corrected chi connectivity index (χ1v) is 9.86. The van der Waals surface area contributed by atoms with Crippen LogP contribution in [0.2, 0.25) is 0 Å². The summed E-state index contributed by atoms with van der Waals surface area (Å²) in [5.41, 5.74) is 6.92. The van der Waals surface area contributed by atoms with Gasteiger partial charge in [0.1, 0.15) is 7.85 Å². The maximum atomic E-state index is 6.59. The Bertz CT molecular complexity index is 1010. The van der Waals surface area contributed by atoms with Crippen LogP contribution in [0.5, 0.6) is 0 Å². The molecule has 4 atom stereocenters. The molecular formula is C25H21BO. The second kappa shape index (κ2) is 5.47. The van der Waals surface area contributed by atoms with E-state index in [0.29, 0.717) is 11.8 Å². The molecule has 4 unspecified atom stereocenters. The van der Waals surface area contributed by atoms with Crippen molar-refractivity contribution in [2.75, 3.05) is 0 Å². The summed E-state index contributed by atoms with van der Waals surface area (Å²) >= 11 is 0. The van der Waals surface area contributed by atoms with E-state index in [9.17, 15) is 0 Å². The smallest absolute Gasteiger partial charge is 0.138 e. The molecule has 2 heteroatoms. The van der Waals surface area contributed by atoms with Gasteiger partial charge in [-0.25, -0.2) is 0 Å². The third-order valence-corrected chi connectivity index (χ3v) is 6.83. The quantitative estimate of drug-likeness (QED) is 0.650. The monoisotopic (exact) mass is 348 g/mol. The predicted octanol–water partition coefficient (Wildman–Crippen LogP) is 4.17. The van der Waals surface area contributed by atoms with E-state index in [1.54, 1.807) is 0 Å². The summed E-state index contributed by atoms with van der Waals surface area (Å²) in [4.78, 5) is 0. The molecule has 0 saturated carbocycles. The van der Waals surface area contributed by atoms with Crippen LogP contribution in [0.1, 0.15) is 11.1 Å². The minimum absolute atomic E-state index is 0.0892. The molecule has 1 spiro atoms. The first-order valence-electron chi connectivity index (χ1n) is 9.86. The number of benzene rings is 2. The Kier molecular flexibility index (Phi) is 3.13. The Morgan fingerprint density at radius 3 is 2.11 bits per heavy atom. The van der Waals surface area contributed by atoms with Crippen molar-refractivity contribution in [3.05, 3.63) is 108 Å². The molecule has 0 N–H and O–H groups in total. The van der Waals surface area contributed by atoms with Crippen molar-refractivity contribution in [3.63, 3.8) is 0 Å². The van der Waals surface area contributed by atoms with Crippen molar-refractivity contribution in [2.24, 2.45) is 11.8 Å². The van der Waals surface area contributed by atoms with Crippen molar-refractivity contribution >= 4 is 7.85 Å². The van der Waals surface area contributed by atoms with Crippen LogP contribution < -0.4 is 0 Å². The molecule has 130 valence electrons. The molecule has 1 fully saturated rings. The van der Waals surface area contributed by atoms with Crippen LogP contribution in [0.3, 0.4) is 0 Å². The van der Waals surface area contributed by atoms with E-state index in [1.807, 2.05) is 0 Å². The van der Waals surface area contributed by atoms with E-state index in [0.717, 1.165) is 0 Å². The first kappa shape index (κ1) is 15.5. The zero-order valence-corrected chi connectivity index (χ0v) is 15.4. The number of rotatable bonds is 0. The summed E-state index contributed by atoms with van der Waals surface area (Å²) in [6, 6.07) is 18.0. The van der Waals surface area contributed by atoms with Crippen molar-refractivity contribution in [1.29, 1.82) is 0 Å². The molecule has 1 nitrogen and oxygen atoms in total. The molecule has 0 amide bonds. The van der Waals surface area contributed by atoms with Crippen molar-refractivity contribution < 1.29 is 4.74 Å². The SMILES string of the molecule is BC1=CC2C(C=C1)OC1C=CC=CC1C21c2ccccc2-c2ccccc21. The van der Waals surface area contributed by atoms with Gasteiger partial charge in [0.2, 0.25) is 0 Å². The fourth-order valence-electron chi connectivity index (χ4n) is 5.87. The standard InChI is InChI=1S/C25H21BO/c26-16-13-14-24-22(15-16)25(21-11-5-6-12-23(21)27-24)19-9-3-1-7-17(19)18-8-2-4-10-20(18)25/h1-15,21-24H,26H2. The summed E-state index contributed by atoms with van der Waals surface area (Å²) in [6.45, 7) is 0. The highest BCUT2D eigenvalue weighted by atomic mass is 16.5. The van der Waals surface area contributed by atoms with Gasteiger partial charge in [-0.3, -0.25) is 0 Å². The Hall–Kier alpha value is -2.58. The van der Waals surface area contributed by atoms with Gasteiger partial charge in [-0.2, -0.15) is 0 Å². The third kappa shape index (κ3) is 1.89.